The molecule has 0 spiro atoms. The lowest BCUT2D eigenvalue weighted by atomic mass is 9.92. The molecule has 3 rings (SSSR count). The zero-order chi connectivity index (χ0) is 17.2. The number of hydrogen-bond acceptors (Lipinski definition) is 4. The van der Waals surface area contributed by atoms with Crippen molar-refractivity contribution in [2.45, 2.75) is 83.3 Å². The Morgan fingerprint density at radius 3 is 2.52 bits per heavy atom. The lowest BCUT2D eigenvalue weighted by molar-refractivity contribution is -0.159. The smallest absolute Gasteiger partial charge is 0.192 e. The molecule has 23 heavy (non-hydrogen) atoms. The van der Waals surface area contributed by atoms with Gasteiger partial charge in [-0.05, 0) is 49.9 Å². The predicted octanol–water partition coefficient (Wildman–Crippen LogP) is 3.47. The first-order chi connectivity index (χ1) is 10.5. The molecular weight excluding hydrogens is 308 g/mol. The molecule has 5 atom stereocenters. The van der Waals surface area contributed by atoms with E-state index < -0.39 is 14.1 Å². The van der Waals surface area contributed by atoms with Crippen molar-refractivity contribution in [3.05, 3.63) is 11.6 Å². The maximum atomic E-state index is 9.83. The largest absolute Gasteiger partial charge is 0.410 e. The minimum Gasteiger partial charge on any atom is -0.410 e. The molecule has 1 heterocycles. The second-order valence-electron chi connectivity index (χ2n) is 9.31. The van der Waals surface area contributed by atoms with Crippen LogP contribution in [0.4, 0.5) is 0 Å². The molecule has 1 saturated carbocycles. The van der Waals surface area contributed by atoms with Gasteiger partial charge in [0.15, 0.2) is 14.1 Å². The lowest BCUT2D eigenvalue weighted by Gasteiger charge is -2.39. The van der Waals surface area contributed by atoms with E-state index in [1.165, 1.54) is 0 Å². The van der Waals surface area contributed by atoms with Crippen molar-refractivity contribution in [1.29, 1.82) is 0 Å². The van der Waals surface area contributed by atoms with Crippen LogP contribution in [0, 0.1) is 11.8 Å². The fourth-order valence-corrected chi connectivity index (χ4v) is 5.35. The van der Waals surface area contributed by atoms with Crippen molar-refractivity contribution in [1.82, 2.24) is 0 Å². The third kappa shape index (κ3) is 2.95. The van der Waals surface area contributed by atoms with Gasteiger partial charge < -0.3 is 19.0 Å². The summed E-state index contributed by atoms with van der Waals surface area (Å²) in [4.78, 5) is 0. The molecule has 1 aliphatic heterocycles. The van der Waals surface area contributed by atoms with E-state index in [0.717, 1.165) is 12.0 Å². The van der Waals surface area contributed by atoms with Gasteiger partial charge in [-0.1, -0.05) is 26.8 Å². The highest BCUT2D eigenvalue weighted by Crippen LogP contribution is 2.53. The Labute approximate surface area is 141 Å². The quantitative estimate of drug-likeness (QED) is 0.631. The minimum absolute atomic E-state index is 0.0569. The molecule has 1 saturated heterocycles. The number of aliphatic hydroxyl groups is 1. The molecule has 0 radical (unpaired) electrons. The van der Waals surface area contributed by atoms with Gasteiger partial charge in [-0.25, -0.2) is 0 Å². The Kier molecular flexibility index (Phi) is 4.13. The molecule has 3 aliphatic rings. The van der Waals surface area contributed by atoms with Crippen LogP contribution in [0.5, 0.6) is 0 Å². The summed E-state index contributed by atoms with van der Waals surface area (Å²) < 4.78 is 18.9. The molecule has 0 aromatic heterocycles. The van der Waals surface area contributed by atoms with Crippen LogP contribution in [0.1, 0.15) is 41.0 Å². The maximum absolute atomic E-state index is 9.83. The van der Waals surface area contributed by atoms with Gasteiger partial charge in [-0.3, -0.25) is 0 Å². The van der Waals surface area contributed by atoms with Gasteiger partial charge in [0.1, 0.15) is 0 Å². The summed E-state index contributed by atoms with van der Waals surface area (Å²) in [6, 6.07) is 0. The SMILES string of the molecule is CC1(C)O[C@H]2[C@@H]3C(CO)=C[C@H](O[Si](C)(C)C(C)(C)C)[C@@H]3C[C@H]2O1. The molecule has 1 N–H and O–H groups in total. The second kappa shape index (κ2) is 5.40. The predicted molar refractivity (Wildman–Crippen MR) is 92.7 cm³/mol. The summed E-state index contributed by atoms with van der Waals surface area (Å²) in [5, 5.41) is 10.0. The van der Waals surface area contributed by atoms with Crippen molar-refractivity contribution < 1.29 is 19.0 Å². The second-order valence-corrected chi connectivity index (χ2v) is 14.1. The summed E-state index contributed by atoms with van der Waals surface area (Å²) in [6.45, 7) is 15.4. The fourth-order valence-electron chi connectivity index (χ4n) is 4.07. The van der Waals surface area contributed by atoms with Gasteiger partial charge in [0.2, 0.25) is 0 Å². The average molecular weight is 341 g/mol. The van der Waals surface area contributed by atoms with Crippen LogP contribution >= 0.6 is 0 Å². The lowest BCUT2D eigenvalue weighted by Crippen LogP contribution is -2.45. The summed E-state index contributed by atoms with van der Waals surface area (Å²) in [7, 11) is -1.84. The summed E-state index contributed by atoms with van der Waals surface area (Å²) >= 11 is 0. The molecule has 2 aliphatic carbocycles. The summed E-state index contributed by atoms with van der Waals surface area (Å²) in [5.74, 6) is 0.0955. The first kappa shape index (κ1) is 17.6. The van der Waals surface area contributed by atoms with E-state index in [-0.39, 0.29) is 35.9 Å². The first-order valence-electron chi connectivity index (χ1n) is 8.80. The Morgan fingerprint density at radius 1 is 1.30 bits per heavy atom. The third-order valence-corrected chi connectivity index (χ3v) is 10.7. The van der Waals surface area contributed by atoms with Crippen molar-refractivity contribution in [2.75, 3.05) is 6.61 Å². The van der Waals surface area contributed by atoms with E-state index in [0.29, 0.717) is 5.92 Å². The summed E-state index contributed by atoms with van der Waals surface area (Å²) in [6.07, 6.45) is 3.39. The van der Waals surface area contributed by atoms with E-state index >= 15 is 0 Å². The molecule has 0 aromatic carbocycles. The molecule has 0 bridgehead atoms. The highest BCUT2D eigenvalue weighted by atomic mass is 28.4. The third-order valence-electron chi connectivity index (χ3n) is 6.19. The molecule has 2 fully saturated rings. The van der Waals surface area contributed by atoms with Gasteiger partial charge >= 0.3 is 0 Å². The van der Waals surface area contributed by atoms with Crippen molar-refractivity contribution in [2.24, 2.45) is 11.8 Å². The zero-order valence-corrected chi connectivity index (χ0v) is 16.6. The van der Waals surface area contributed by atoms with Crippen LogP contribution in [-0.2, 0) is 13.9 Å². The molecule has 0 amide bonds. The zero-order valence-electron chi connectivity index (χ0n) is 15.6. The van der Waals surface area contributed by atoms with Crippen LogP contribution in [0.15, 0.2) is 11.6 Å². The van der Waals surface area contributed by atoms with Gasteiger partial charge in [-0.2, -0.15) is 0 Å². The van der Waals surface area contributed by atoms with Crippen LogP contribution in [0.2, 0.25) is 18.1 Å². The molecule has 4 nitrogen and oxygen atoms in total. The number of fused-ring (bicyclic) bond motifs is 3. The van der Waals surface area contributed by atoms with E-state index in [1.54, 1.807) is 0 Å². The van der Waals surface area contributed by atoms with Gasteiger partial charge in [0.05, 0.1) is 24.9 Å². The normalized spacial score (nSPS) is 39.3. The highest BCUT2D eigenvalue weighted by molar-refractivity contribution is 6.74. The van der Waals surface area contributed by atoms with Crippen LogP contribution in [-0.4, -0.2) is 44.1 Å². The number of hydrogen-bond donors (Lipinski definition) is 1. The van der Waals surface area contributed by atoms with E-state index in [1.807, 2.05) is 13.8 Å². The van der Waals surface area contributed by atoms with Crippen LogP contribution in [0.3, 0.4) is 0 Å². The Morgan fingerprint density at radius 2 is 1.96 bits per heavy atom. The number of rotatable bonds is 3. The fraction of sp³-hybridized carbons (Fsp3) is 0.889. The van der Waals surface area contributed by atoms with E-state index in [2.05, 4.69) is 39.9 Å². The van der Waals surface area contributed by atoms with Gasteiger partial charge in [0.25, 0.3) is 0 Å². The van der Waals surface area contributed by atoms with Crippen molar-refractivity contribution in [3.8, 4) is 0 Å². The molecule has 132 valence electrons. The van der Waals surface area contributed by atoms with E-state index in [9.17, 15) is 5.11 Å². The Bertz CT molecular complexity index is 506. The Hall–Kier alpha value is -0.203. The number of ether oxygens (including phenoxy) is 2. The van der Waals surface area contributed by atoms with Crippen LogP contribution < -0.4 is 0 Å². The van der Waals surface area contributed by atoms with Crippen molar-refractivity contribution >= 4 is 8.32 Å². The average Bonchev–Trinajstić information content (AvgIpc) is 2.95. The standard InChI is InChI=1S/C18H32O4Si/c1-17(2,3)23(6,7)22-13-8-11(10-19)15-12(13)9-14-16(15)21-18(4,5)20-14/h8,12-16,19H,9-10H2,1-7H3/t12-,13-,14+,15+,16+/m0/s1. The van der Waals surface area contributed by atoms with Gasteiger partial charge in [-0.15, -0.1) is 0 Å². The molecule has 0 unspecified atom stereocenters. The molecule has 5 heteroatoms. The Balaban J connectivity index is 1.81. The minimum atomic E-state index is -1.84. The first-order valence-corrected chi connectivity index (χ1v) is 11.7. The monoisotopic (exact) mass is 340 g/mol. The van der Waals surface area contributed by atoms with E-state index in [4.69, 9.17) is 13.9 Å². The summed E-state index contributed by atoms with van der Waals surface area (Å²) in [5.41, 5.74) is 1.08. The highest BCUT2D eigenvalue weighted by Gasteiger charge is 2.58. The molecule has 0 aromatic rings. The number of aliphatic hydroxyl groups excluding tert-OH is 1. The van der Waals surface area contributed by atoms with Crippen LogP contribution in [0.25, 0.3) is 0 Å². The topological polar surface area (TPSA) is 47.9 Å². The van der Waals surface area contributed by atoms with Gasteiger partial charge in [0, 0.05) is 5.92 Å². The van der Waals surface area contributed by atoms with Crippen molar-refractivity contribution in [3.63, 3.8) is 0 Å². The molecular formula is C18H32O4Si. The maximum Gasteiger partial charge on any atom is 0.192 e.